The highest BCUT2D eigenvalue weighted by molar-refractivity contribution is 5.97. The molecule has 0 saturated carbocycles. The van der Waals surface area contributed by atoms with Gasteiger partial charge in [-0.25, -0.2) is 4.79 Å². The van der Waals surface area contributed by atoms with E-state index in [1.807, 2.05) is 19.9 Å². The van der Waals surface area contributed by atoms with E-state index in [1.54, 1.807) is 11.8 Å². The smallest absolute Gasteiger partial charge is 0.409 e. The second-order valence-electron chi connectivity index (χ2n) is 5.90. The van der Waals surface area contributed by atoms with Gasteiger partial charge in [0.15, 0.2) is 0 Å². The lowest BCUT2D eigenvalue weighted by molar-refractivity contribution is -0.117. The third-order valence-corrected chi connectivity index (χ3v) is 3.52. The standard InChI is InChI=1S/C16H26N4O3/c1-4-23-16(22)20-7-5-14(6-8-20)18-11-13(9-17)15(21)19-10-12(2)3/h11-12,14,18H,4-8,10H2,1-3H3,(H,19,21)/b13-11-. The number of ether oxygens (including phenoxy) is 1. The van der Waals surface area contributed by atoms with Gasteiger partial charge >= 0.3 is 6.09 Å². The van der Waals surface area contributed by atoms with Crippen LogP contribution in [0.3, 0.4) is 0 Å². The van der Waals surface area contributed by atoms with Gasteiger partial charge in [-0.05, 0) is 25.7 Å². The molecule has 128 valence electrons. The third-order valence-electron chi connectivity index (χ3n) is 3.52. The number of rotatable bonds is 6. The highest BCUT2D eigenvalue weighted by atomic mass is 16.6. The molecule has 7 nitrogen and oxygen atoms in total. The van der Waals surface area contributed by atoms with Gasteiger partial charge in [-0.15, -0.1) is 0 Å². The minimum atomic E-state index is -0.363. The van der Waals surface area contributed by atoms with Crippen LogP contribution in [0.25, 0.3) is 0 Å². The number of likely N-dealkylation sites (tertiary alicyclic amines) is 1. The van der Waals surface area contributed by atoms with E-state index in [-0.39, 0.29) is 23.6 Å². The minimum Gasteiger partial charge on any atom is -0.450 e. The van der Waals surface area contributed by atoms with Gasteiger partial charge in [0.2, 0.25) is 0 Å². The molecule has 1 saturated heterocycles. The maximum atomic E-state index is 11.9. The zero-order valence-electron chi connectivity index (χ0n) is 14.1. The van der Waals surface area contributed by atoms with Crippen LogP contribution in [0, 0.1) is 17.2 Å². The number of carbonyl (C=O) groups excluding carboxylic acids is 2. The molecular formula is C16H26N4O3. The van der Waals surface area contributed by atoms with E-state index < -0.39 is 0 Å². The van der Waals surface area contributed by atoms with Crippen LogP contribution in [0.2, 0.25) is 0 Å². The average molecular weight is 322 g/mol. The van der Waals surface area contributed by atoms with Gasteiger partial charge in [0.25, 0.3) is 5.91 Å². The Hall–Kier alpha value is -2.23. The zero-order chi connectivity index (χ0) is 17.2. The number of carbonyl (C=O) groups is 2. The Bertz CT molecular complexity index is 474. The molecule has 1 aliphatic heterocycles. The predicted octanol–water partition coefficient (Wildman–Crippen LogP) is 1.38. The second-order valence-corrected chi connectivity index (χ2v) is 5.90. The van der Waals surface area contributed by atoms with Gasteiger partial charge in [0.05, 0.1) is 6.61 Å². The van der Waals surface area contributed by atoms with Crippen molar-refractivity contribution in [2.24, 2.45) is 5.92 Å². The van der Waals surface area contributed by atoms with Crippen molar-refractivity contribution in [2.45, 2.75) is 39.7 Å². The van der Waals surface area contributed by atoms with Crippen LogP contribution in [-0.4, -0.2) is 49.2 Å². The quantitative estimate of drug-likeness (QED) is 0.569. The summed E-state index contributed by atoms with van der Waals surface area (Å²) in [6.07, 6.45) is 2.69. The Morgan fingerprint density at radius 3 is 2.57 bits per heavy atom. The van der Waals surface area contributed by atoms with Crippen molar-refractivity contribution in [3.63, 3.8) is 0 Å². The van der Waals surface area contributed by atoms with Crippen LogP contribution >= 0.6 is 0 Å². The monoisotopic (exact) mass is 322 g/mol. The second kappa shape index (κ2) is 9.72. The summed E-state index contributed by atoms with van der Waals surface area (Å²) in [5.74, 6) is -0.0308. The predicted molar refractivity (Wildman–Crippen MR) is 86.3 cm³/mol. The molecule has 0 spiro atoms. The summed E-state index contributed by atoms with van der Waals surface area (Å²) in [7, 11) is 0. The average Bonchev–Trinajstić information content (AvgIpc) is 2.54. The molecule has 2 amide bonds. The first-order valence-corrected chi connectivity index (χ1v) is 8.04. The van der Waals surface area contributed by atoms with Crippen molar-refractivity contribution in [1.82, 2.24) is 15.5 Å². The van der Waals surface area contributed by atoms with Crippen LogP contribution in [0.4, 0.5) is 4.79 Å². The first-order valence-electron chi connectivity index (χ1n) is 8.04. The van der Waals surface area contributed by atoms with Crippen LogP contribution < -0.4 is 10.6 Å². The maximum absolute atomic E-state index is 11.9. The van der Waals surface area contributed by atoms with Crippen molar-refractivity contribution >= 4 is 12.0 Å². The van der Waals surface area contributed by atoms with Crippen molar-refractivity contribution < 1.29 is 14.3 Å². The lowest BCUT2D eigenvalue weighted by Gasteiger charge is -2.31. The number of nitrogens with zero attached hydrogens (tertiary/aromatic N) is 2. The first-order chi connectivity index (χ1) is 11.0. The van der Waals surface area contributed by atoms with Crippen LogP contribution in [0.1, 0.15) is 33.6 Å². The molecule has 0 aromatic heterocycles. The van der Waals surface area contributed by atoms with Gasteiger partial charge in [0.1, 0.15) is 11.6 Å². The topological polar surface area (TPSA) is 94.5 Å². The summed E-state index contributed by atoms with van der Waals surface area (Å²) in [4.78, 5) is 25.1. The summed E-state index contributed by atoms with van der Waals surface area (Å²) < 4.78 is 4.97. The number of hydrogen-bond donors (Lipinski definition) is 2. The normalized spacial score (nSPS) is 16.0. The number of piperidine rings is 1. The van der Waals surface area contributed by atoms with E-state index in [1.165, 1.54) is 6.20 Å². The molecule has 2 N–H and O–H groups in total. The lowest BCUT2D eigenvalue weighted by Crippen LogP contribution is -2.44. The molecule has 1 aliphatic rings. The summed E-state index contributed by atoms with van der Waals surface area (Å²) in [5, 5.41) is 14.9. The van der Waals surface area contributed by atoms with Crippen LogP contribution in [-0.2, 0) is 9.53 Å². The van der Waals surface area contributed by atoms with Gasteiger partial charge < -0.3 is 20.3 Å². The SMILES string of the molecule is CCOC(=O)N1CCC(N/C=C(/C#N)C(=O)NCC(C)C)CC1. The van der Waals surface area contributed by atoms with Gasteiger partial charge in [-0.2, -0.15) is 5.26 Å². The first kappa shape index (κ1) is 18.8. The maximum Gasteiger partial charge on any atom is 0.409 e. The van der Waals surface area contributed by atoms with E-state index in [4.69, 9.17) is 10.00 Å². The molecule has 0 bridgehead atoms. The van der Waals surface area contributed by atoms with Crippen molar-refractivity contribution in [3.8, 4) is 6.07 Å². The fraction of sp³-hybridized carbons (Fsp3) is 0.688. The van der Waals surface area contributed by atoms with Gasteiger partial charge in [-0.1, -0.05) is 13.8 Å². The summed E-state index contributed by atoms with van der Waals surface area (Å²) in [6.45, 7) is 7.88. The van der Waals surface area contributed by atoms with Crippen molar-refractivity contribution in [2.75, 3.05) is 26.2 Å². The number of nitrogens with one attached hydrogen (secondary N) is 2. The Labute approximate surface area is 137 Å². The molecule has 0 unspecified atom stereocenters. The van der Waals surface area contributed by atoms with Crippen molar-refractivity contribution in [1.29, 1.82) is 5.26 Å². The Balaban J connectivity index is 2.43. The summed E-state index contributed by atoms with van der Waals surface area (Å²) >= 11 is 0. The van der Waals surface area contributed by atoms with E-state index >= 15 is 0 Å². The van der Waals surface area contributed by atoms with Gasteiger partial charge in [0, 0.05) is 31.9 Å². The minimum absolute atomic E-state index is 0.0680. The van der Waals surface area contributed by atoms with Crippen LogP contribution in [0.15, 0.2) is 11.8 Å². The number of amides is 2. The van der Waals surface area contributed by atoms with Crippen molar-refractivity contribution in [3.05, 3.63) is 11.8 Å². The molecule has 0 atom stereocenters. The van der Waals surface area contributed by atoms with E-state index in [2.05, 4.69) is 10.6 Å². The molecule has 1 rings (SSSR count). The van der Waals surface area contributed by atoms with E-state index in [9.17, 15) is 9.59 Å². The Morgan fingerprint density at radius 2 is 2.04 bits per heavy atom. The molecule has 0 aromatic rings. The molecular weight excluding hydrogens is 296 g/mol. The van der Waals surface area contributed by atoms with Crippen LogP contribution in [0.5, 0.6) is 0 Å². The van der Waals surface area contributed by atoms with E-state index in [0.29, 0.717) is 32.2 Å². The highest BCUT2D eigenvalue weighted by Gasteiger charge is 2.23. The summed E-state index contributed by atoms with van der Waals surface area (Å²) in [6, 6.07) is 2.05. The molecule has 0 aromatic carbocycles. The van der Waals surface area contributed by atoms with Gasteiger partial charge in [-0.3, -0.25) is 4.79 Å². The largest absolute Gasteiger partial charge is 0.450 e. The molecule has 0 radical (unpaired) electrons. The zero-order valence-corrected chi connectivity index (χ0v) is 14.1. The lowest BCUT2D eigenvalue weighted by atomic mass is 10.1. The number of hydrogen-bond acceptors (Lipinski definition) is 5. The Kier molecular flexibility index (Phi) is 7.95. The molecule has 1 fully saturated rings. The molecule has 7 heteroatoms. The molecule has 23 heavy (non-hydrogen) atoms. The molecule has 0 aliphatic carbocycles. The number of nitriles is 1. The highest BCUT2D eigenvalue weighted by Crippen LogP contribution is 2.11. The van der Waals surface area contributed by atoms with E-state index in [0.717, 1.165) is 12.8 Å². The summed E-state index contributed by atoms with van der Waals surface area (Å²) in [5.41, 5.74) is 0.0680. The Morgan fingerprint density at radius 1 is 1.39 bits per heavy atom. The fourth-order valence-corrected chi connectivity index (χ4v) is 2.19. The third kappa shape index (κ3) is 6.59. The fourth-order valence-electron chi connectivity index (χ4n) is 2.19. The molecule has 1 heterocycles.